The predicted octanol–water partition coefficient (Wildman–Crippen LogP) is 2.46. The summed E-state index contributed by atoms with van der Waals surface area (Å²) in [4.78, 5) is 2.47. The van der Waals surface area contributed by atoms with E-state index < -0.39 is 0 Å². The minimum absolute atomic E-state index is 0. The average Bonchev–Trinajstić information content (AvgIpc) is 1.90. The van der Waals surface area contributed by atoms with Gasteiger partial charge >= 0.3 is 0 Å². The summed E-state index contributed by atoms with van der Waals surface area (Å²) in [6.07, 6.45) is 2.52. The van der Waals surface area contributed by atoms with Crippen molar-refractivity contribution in [2.45, 2.75) is 26.7 Å². The van der Waals surface area contributed by atoms with E-state index in [-0.39, 0.29) is 12.4 Å². The smallest absolute Gasteiger partial charge is 0.00698 e. The highest BCUT2D eigenvalue weighted by Gasteiger charge is 1.98. The van der Waals surface area contributed by atoms with Crippen molar-refractivity contribution in [3.63, 3.8) is 0 Å². The Morgan fingerprint density at radius 3 is 1.73 bits per heavy atom. The van der Waals surface area contributed by atoms with E-state index in [9.17, 15) is 0 Å². The van der Waals surface area contributed by atoms with Crippen molar-refractivity contribution in [2.75, 3.05) is 25.4 Å². The Hall–Kier alpha value is 0.600. The molecule has 0 saturated heterocycles. The van der Waals surface area contributed by atoms with Crippen molar-refractivity contribution in [3.8, 4) is 0 Å². The Morgan fingerprint density at radius 1 is 1.00 bits per heavy atom. The fraction of sp³-hybridized carbons (Fsp3) is 1.00. The number of rotatable bonds is 6. The first-order chi connectivity index (χ1) is 4.85. The molecule has 0 aliphatic heterocycles. The standard InChI is InChI=1S/C8H19NS.ClH/c1-3-5-9(6-4-2)7-8-10;/h10H,3-8H2,1-2H3;1H. The van der Waals surface area contributed by atoms with Crippen molar-refractivity contribution in [3.05, 3.63) is 0 Å². The molecule has 11 heavy (non-hydrogen) atoms. The first-order valence-electron chi connectivity index (χ1n) is 4.18. The molecular weight excluding hydrogens is 178 g/mol. The summed E-state index contributed by atoms with van der Waals surface area (Å²) in [6, 6.07) is 0. The highest BCUT2D eigenvalue weighted by molar-refractivity contribution is 7.80. The molecule has 0 amide bonds. The van der Waals surface area contributed by atoms with Gasteiger partial charge in [0.25, 0.3) is 0 Å². The van der Waals surface area contributed by atoms with Crippen LogP contribution in [0, 0.1) is 0 Å². The van der Waals surface area contributed by atoms with Crippen molar-refractivity contribution in [1.82, 2.24) is 4.90 Å². The van der Waals surface area contributed by atoms with E-state index in [0.717, 1.165) is 12.3 Å². The summed E-state index contributed by atoms with van der Waals surface area (Å²) in [7, 11) is 0. The molecule has 0 N–H and O–H groups in total. The quantitative estimate of drug-likeness (QED) is 0.641. The lowest BCUT2D eigenvalue weighted by molar-refractivity contribution is 0.292. The van der Waals surface area contributed by atoms with Gasteiger partial charge in [-0.15, -0.1) is 12.4 Å². The SMILES string of the molecule is CCCN(CCC)CCS.Cl. The summed E-state index contributed by atoms with van der Waals surface area (Å²) < 4.78 is 0. The van der Waals surface area contributed by atoms with E-state index in [4.69, 9.17) is 0 Å². The summed E-state index contributed by atoms with van der Waals surface area (Å²) in [5.41, 5.74) is 0. The first kappa shape index (κ1) is 14.1. The van der Waals surface area contributed by atoms with E-state index in [2.05, 4.69) is 31.4 Å². The molecule has 0 atom stereocenters. The van der Waals surface area contributed by atoms with Gasteiger partial charge in [-0.2, -0.15) is 12.6 Å². The Kier molecular flexibility index (Phi) is 13.6. The molecular formula is C8H20ClNS. The van der Waals surface area contributed by atoms with Gasteiger partial charge in [-0.3, -0.25) is 0 Å². The third kappa shape index (κ3) is 8.51. The summed E-state index contributed by atoms with van der Waals surface area (Å²) in [5.74, 6) is 0.986. The number of hydrogen-bond acceptors (Lipinski definition) is 2. The van der Waals surface area contributed by atoms with Gasteiger partial charge in [0.15, 0.2) is 0 Å². The highest BCUT2D eigenvalue weighted by atomic mass is 35.5. The second-order valence-electron chi connectivity index (χ2n) is 2.57. The zero-order valence-corrected chi connectivity index (χ0v) is 9.26. The van der Waals surface area contributed by atoms with E-state index in [0.29, 0.717) is 0 Å². The maximum absolute atomic E-state index is 4.20. The molecule has 0 bridgehead atoms. The zero-order valence-electron chi connectivity index (χ0n) is 7.55. The monoisotopic (exact) mass is 197 g/mol. The number of nitrogens with zero attached hydrogens (tertiary/aromatic N) is 1. The van der Waals surface area contributed by atoms with Crippen LogP contribution >= 0.6 is 25.0 Å². The first-order valence-corrected chi connectivity index (χ1v) is 4.81. The number of halogens is 1. The molecule has 0 radical (unpaired) electrons. The van der Waals surface area contributed by atoms with Crippen molar-refractivity contribution in [1.29, 1.82) is 0 Å². The van der Waals surface area contributed by atoms with Crippen LogP contribution < -0.4 is 0 Å². The Morgan fingerprint density at radius 2 is 1.45 bits per heavy atom. The minimum Gasteiger partial charge on any atom is -0.303 e. The van der Waals surface area contributed by atoms with Crippen LogP contribution in [0.5, 0.6) is 0 Å². The minimum atomic E-state index is 0. The molecule has 0 spiro atoms. The topological polar surface area (TPSA) is 3.24 Å². The van der Waals surface area contributed by atoms with Gasteiger partial charge in [0.2, 0.25) is 0 Å². The predicted molar refractivity (Wildman–Crippen MR) is 58.1 cm³/mol. The molecule has 0 aliphatic rings. The molecule has 3 heteroatoms. The van der Waals surface area contributed by atoms with Crippen molar-refractivity contribution in [2.24, 2.45) is 0 Å². The Bertz CT molecular complexity index is 56.8. The van der Waals surface area contributed by atoms with Crippen LogP contribution in [0.3, 0.4) is 0 Å². The Labute approximate surface area is 82.4 Å². The fourth-order valence-electron chi connectivity index (χ4n) is 1.11. The number of thiol groups is 1. The highest BCUT2D eigenvalue weighted by Crippen LogP contribution is 1.93. The largest absolute Gasteiger partial charge is 0.303 e. The average molecular weight is 198 g/mol. The molecule has 0 fully saturated rings. The Balaban J connectivity index is 0. The zero-order chi connectivity index (χ0) is 7.82. The molecule has 0 aromatic heterocycles. The van der Waals surface area contributed by atoms with E-state index in [1.165, 1.54) is 25.9 Å². The van der Waals surface area contributed by atoms with Gasteiger partial charge in [-0.1, -0.05) is 13.8 Å². The van der Waals surface area contributed by atoms with E-state index in [1.54, 1.807) is 0 Å². The van der Waals surface area contributed by atoms with Crippen LogP contribution in [-0.2, 0) is 0 Å². The van der Waals surface area contributed by atoms with Crippen LogP contribution in [0.1, 0.15) is 26.7 Å². The third-order valence-electron chi connectivity index (χ3n) is 1.50. The van der Waals surface area contributed by atoms with Crippen LogP contribution in [0.2, 0.25) is 0 Å². The molecule has 0 heterocycles. The lowest BCUT2D eigenvalue weighted by Crippen LogP contribution is -2.27. The second kappa shape index (κ2) is 10.6. The van der Waals surface area contributed by atoms with Gasteiger partial charge in [-0.05, 0) is 25.9 Å². The molecule has 1 nitrogen and oxygen atoms in total. The maximum Gasteiger partial charge on any atom is 0.00698 e. The van der Waals surface area contributed by atoms with Crippen LogP contribution in [0.4, 0.5) is 0 Å². The van der Waals surface area contributed by atoms with Crippen LogP contribution in [-0.4, -0.2) is 30.3 Å². The van der Waals surface area contributed by atoms with Crippen molar-refractivity contribution < 1.29 is 0 Å². The molecule has 0 aromatic carbocycles. The molecule has 70 valence electrons. The van der Waals surface area contributed by atoms with E-state index >= 15 is 0 Å². The van der Waals surface area contributed by atoms with Gasteiger partial charge in [0.05, 0.1) is 0 Å². The van der Waals surface area contributed by atoms with Gasteiger partial charge in [-0.25, -0.2) is 0 Å². The van der Waals surface area contributed by atoms with Crippen LogP contribution in [0.15, 0.2) is 0 Å². The second-order valence-corrected chi connectivity index (χ2v) is 3.01. The molecule has 0 aliphatic carbocycles. The molecule has 0 unspecified atom stereocenters. The number of hydrogen-bond donors (Lipinski definition) is 1. The fourth-order valence-corrected chi connectivity index (χ4v) is 1.39. The van der Waals surface area contributed by atoms with Gasteiger partial charge < -0.3 is 4.90 Å². The molecule has 0 aromatic rings. The van der Waals surface area contributed by atoms with Gasteiger partial charge in [0, 0.05) is 12.3 Å². The lowest BCUT2D eigenvalue weighted by Gasteiger charge is -2.19. The summed E-state index contributed by atoms with van der Waals surface area (Å²) >= 11 is 4.20. The molecule has 0 rings (SSSR count). The van der Waals surface area contributed by atoms with Crippen molar-refractivity contribution >= 4 is 25.0 Å². The summed E-state index contributed by atoms with van der Waals surface area (Å²) in [5, 5.41) is 0. The normalized spacial score (nSPS) is 9.82. The van der Waals surface area contributed by atoms with Gasteiger partial charge in [0.1, 0.15) is 0 Å². The third-order valence-corrected chi connectivity index (χ3v) is 1.70. The summed E-state index contributed by atoms with van der Waals surface area (Å²) in [6.45, 7) is 8.05. The maximum atomic E-state index is 4.20. The van der Waals surface area contributed by atoms with Crippen LogP contribution in [0.25, 0.3) is 0 Å². The molecule has 0 saturated carbocycles. The van der Waals surface area contributed by atoms with E-state index in [1.807, 2.05) is 0 Å². The lowest BCUT2D eigenvalue weighted by atomic mass is 10.3.